The van der Waals surface area contributed by atoms with Gasteiger partial charge in [0.15, 0.2) is 0 Å². The van der Waals surface area contributed by atoms with Crippen LogP contribution in [-0.2, 0) is 10.0 Å². The van der Waals surface area contributed by atoms with E-state index in [1.807, 2.05) is 13.0 Å². The van der Waals surface area contributed by atoms with Crippen LogP contribution in [0.1, 0.15) is 44.7 Å². The maximum atomic E-state index is 12.5. The zero-order chi connectivity index (χ0) is 19.6. The Morgan fingerprint density at radius 1 is 1.00 bits per heavy atom. The third kappa shape index (κ3) is 4.54. The normalized spacial score (nSPS) is 13.9. The number of hydrogen-bond acceptors (Lipinski definition) is 4. The van der Waals surface area contributed by atoms with Gasteiger partial charge in [-0.25, -0.2) is 13.1 Å². The van der Waals surface area contributed by atoms with Crippen molar-refractivity contribution in [1.29, 1.82) is 0 Å². The van der Waals surface area contributed by atoms with Crippen molar-refractivity contribution < 1.29 is 18.0 Å². The molecular weight excluding hydrogens is 364 g/mol. The Morgan fingerprint density at radius 2 is 1.67 bits per heavy atom. The molecule has 2 aromatic rings. The van der Waals surface area contributed by atoms with E-state index in [1.165, 1.54) is 24.3 Å². The predicted octanol–water partition coefficient (Wildman–Crippen LogP) is 2.56. The van der Waals surface area contributed by atoms with Crippen LogP contribution in [-0.4, -0.2) is 26.8 Å². The van der Waals surface area contributed by atoms with Gasteiger partial charge in [0, 0.05) is 17.7 Å². The molecule has 2 aromatic carbocycles. The van der Waals surface area contributed by atoms with E-state index < -0.39 is 15.9 Å². The Hall–Kier alpha value is -2.67. The average Bonchev–Trinajstić information content (AvgIpc) is 3.46. The van der Waals surface area contributed by atoms with Crippen molar-refractivity contribution in [3.8, 4) is 0 Å². The summed E-state index contributed by atoms with van der Waals surface area (Å²) in [5.74, 6) is -0.346. The molecule has 6 nitrogen and oxygen atoms in total. The van der Waals surface area contributed by atoms with Crippen molar-refractivity contribution in [2.75, 3.05) is 6.54 Å². The number of nitrogens with one attached hydrogen (secondary N) is 2. The molecule has 0 unspecified atom stereocenters. The van der Waals surface area contributed by atoms with Crippen LogP contribution in [0.2, 0.25) is 0 Å². The van der Waals surface area contributed by atoms with Gasteiger partial charge < -0.3 is 5.32 Å². The van der Waals surface area contributed by atoms with E-state index in [0.717, 1.165) is 24.0 Å². The monoisotopic (exact) mass is 386 g/mol. The van der Waals surface area contributed by atoms with Crippen molar-refractivity contribution in [3.63, 3.8) is 0 Å². The first-order chi connectivity index (χ1) is 12.8. The highest BCUT2D eigenvalue weighted by Gasteiger charge is 2.23. The first-order valence-electron chi connectivity index (χ1n) is 8.79. The second-order valence-corrected chi connectivity index (χ2v) is 8.54. The quantitative estimate of drug-likeness (QED) is 0.798. The molecule has 0 bridgehead atoms. The van der Waals surface area contributed by atoms with Gasteiger partial charge in [-0.2, -0.15) is 0 Å². The van der Waals surface area contributed by atoms with Crippen molar-refractivity contribution in [2.45, 2.75) is 31.6 Å². The molecule has 7 heteroatoms. The second kappa shape index (κ2) is 7.52. The standard InChI is InChI=1S/C20H22N2O4S/c1-13-4-3-5-18(14(13)2)20(24)22-27(25,26)17-10-8-16(9-11-17)19(23)21-12-15-6-7-15/h3-5,8-11,15H,6-7,12H2,1-2H3,(H,21,23)(H,22,24). The lowest BCUT2D eigenvalue weighted by Gasteiger charge is -2.11. The van der Waals surface area contributed by atoms with E-state index in [1.54, 1.807) is 19.1 Å². The zero-order valence-corrected chi connectivity index (χ0v) is 16.1. The number of amides is 2. The van der Waals surface area contributed by atoms with Crippen LogP contribution in [0, 0.1) is 19.8 Å². The minimum absolute atomic E-state index is 0.0695. The molecule has 1 aliphatic carbocycles. The number of carbonyl (C=O) groups is 2. The third-order valence-electron chi connectivity index (χ3n) is 4.75. The van der Waals surface area contributed by atoms with E-state index in [2.05, 4.69) is 10.0 Å². The first-order valence-corrected chi connectivity index (χ1v) is 10.3. The fourth-order valence-electron chi connectivity index (χ4n) is 2.68. The molecule has 0 radical (unpaired) electrons. The molecule has 0 spiro atoms. The highest BCUT2D eigenvalue weighted by Crippen LogP contribution is 2.27. The van der Waals surface area contributed by atoms with E-state index in [9.17, 15) is 18.0 Å². The summed E-state index contributed by atoms with van der Waals surface area (Å²) in [5.41, 5.74) is 2.33. The molecule has 2 amide bonds. The fourth-order valence-corrected chi connectivity index (χ4v) is 3.65. The molecule has 27 heavy (non-hydrogen) atoms. The lowest BCUT2D eigenvalue weighted by Crippen LogP contribution is -2.31. The van der Waals surface area contributed by atoms with Gasteiger partial charge >= 0.3 is 0 Å². The summed E-state index contributed by atoms with van der Waals surface area (Å²) in [7, 11) is -4.03. The Labute approximate surface area is 159 Å². The van der Waals surface area contributed by atoms with Crippen molar-refractivity contribution >= 4 is 21.8 Å². The molecule has 1 fully saturated rings. The highest BCUT2D eigenvalue weighted by molar-refractivity contribution is 7.90. The van der Waals surface area contributed by atoms with Gasteiger partial charge in [0.05, 0.1) is 4.90 Å². The molecule has 142 valence electrons. The van der Waals surface area contributed by atoms with Crippen LogP contribution in [0.3, 0.4) is 0 Å². The number of benzene rings is 2. The molecule has 0 aromatic heterocycles. The van der Waals surface area contributed by atoms with Crippen LogP contribution in [0.25, 0.3) is 0 Å². The van der Waals surface area contributed by atoms with Gasteiger partial charge in [0.25, 0.3) is 21.8 Å². The smallest absolute Gasteiger partial charge is 0.265 e. The molecule has 0 heterocycles. The van der Waals surface area contributed by atoms with Crippen LogP contribution in [0.4, 0.5) is 0 Å². The summed E-state index contributed by atoms with van der Waals surface area (Å²) in [6.07, 6.45) is 2.27. The number of sulfonamides is 1. The topological polar surface area (TPSA) is 92.3 Å². The summed E-state index contributed by atoms with van der Waals surface area (Å²) >= 11 is 0. The number of aryl methyl sites for hydroxylation is 1. The summed E-state index contributed by atoms with van der Waals surface area (Å²) in [5, 5.41) is 2.83. The maximum absolute atomic E-state index is 12.5. The lowest BCUT2D eigenvalue weighted by atomic mass is 10.0. The van der Waals surface area contributed by atoms with Gasteiger partial charge in [-0.3, -0.25) is 9.59 Å². The van der Waals surface area contributed by atoms with Crippen molar-refractivity contribution in [1.82, 2.24) is 10.0 Å². The predicted molar refractivity (Wildman–Crippen MR) is 102 cm³/mol. The summed E-state index contributed by atoms with van der Waals surface area (Å²) in [6, 6.07) is 10.7. The first kappa shape index (κ1) is 19.1. The van der Waals surface area contributed by atoms with Gasteiger partial charge in [-0.15, -0.1) is 0 Å². The molecular formula is C20H22N2O4S. The van der Waals surface area contributed by atoms with E-state index >= 15 is 0 Å². The minimum atomic E-state index is -4.03. The summed E-state index contributed by atoms with van der Waals surface area (Å²) < 4.78 is 27.1. The van der Waals surface area contributed by atoms with Gasteiger partial charge in [0.2, 0.25) is 0 Å². The summed E-state index contributed by atoms with van der Waals surface area (Å²) in [6.45, 7) is 4.27. The van der Waals surface area contributed by atoms with E-state index in [-0.39, 0.29) is 10.8 Å². The van der Waals surface area contributed by atoms with Crippen molar-refractivity contribution in [3.05, 3.63) is 64.7 Å². The Kier molecular flexibility index (Phi) is 5.32. The van der Waals surface area contributed by atoms with Gasteiger partial charge in [-0.1, -0.05) is 12.1 Å². The SMILES string of the molecule is Cc1cccc(C(=O)NS(=O)(=O)c2ccc(C(=O)NCC3CC3)cc2)c1C. The lowest BCUT2D eigenvalue weighted by molar-refractivity contribution is 0.0949. The second-order valence-electron chi connectivity index (χ2n) is 6.86. The Balaban J connectivity index is 1.71. The fraction of sp³-hybridized carbons (Fsp3) is 0.300. The number of rotatable bonds is 6. The zero-order valence-electron chi connectivity index (χ0n) is 15.3. The van der Waals surface area contributed by atoms with Crippen LogP contribution >= 0.6 is 0 Å². The van der Waals surface area contributed by atoms with Crippen LogP contribution < -0.4 is 10.0 Å². The largest absolute Gasteiger partial charge is 0.352 e. The van der Waals surface area contributed by atoms with Crippen LogP contribution in [0.15, 0.2) is 47.4 Å². The Bertz CT molecular complexity index is 978. The molecule has 0 aliphatic heterocycles. The third-order valence-corrected chi connectivity index (χ3v) is 6.10. The van der Waals surface area contributed by atoms with Crippen molar-refractivity contribution in [2.24, 2.45) is 5.92 Å². The van der Waals surface area contributed by atoms with E-state index in [0.29, 0.717) is 23.6 Å². The highest BCUT2D eigenvalue weighted by atomic mass is 32.2. The number of hydrogen-bond donors (Lipinski definition) is 2. The maximum Gasteiger partial charge on any atom is 0.265 e. The van der Waals surface area contributed by atoms with Gasteiger partial charge in [0.1, 0.15) is 0 Å². The molecule has 0 atom stereocenters. The molecule has 0 saturated heterocycles. The number of carbonyl (C=O) groups excluding carboxylic acids is 2. The van der Waals surface area contributed by atoms with Gasteiger partial charge in [-0.05, 0) is 74.1 Å². The average molecular weight is 386 g/mol. The van der Waals surface area contributed by atoms with Crippen LogP contribution in [0.5, 0.6) is 0 Å². The summed E-state index contributed by atoms with van der Waals surface area (Å²) in [4.78, 5) is 24.4. The molecule has 2 N–H and O–H groups in total. The Morgan fingerprint density at radius 3 is 2.30 bits per heavy atom. The molecule has 3 rings (SSSR count). The molecule has 1 aliphatic rings. The van der Waals surface area contributed by atoms with E-state index in [4.69, 9.17) is 0 Å². The minimum Gasteiger partial charge on any atom is -0.352 e. The molecule has 1 saturated carbocycles.